The van der Waals surface area contributed by atoms with Crippen LogP contribution in [0.25, 0.3) is 0 Å². The Balaban J connectivity index is 4.33. The molecule has 0 aliphatic carbocycles. The van der Waals surface area contributed by atoms with Crippen molar-refractivity contribution in [1.29, 1.82) is 0 Å². The van der Waals surface area contributed by atoms with Crippen LogP contribution in [-0.2, 0) is 19.5 Å². The summed E-state index contributed by atoms with van der Waals surface area (Å²) in [5.41, 5.74) is 0. The van der Waals surface area contributed by atoms with Crippen molar-refractivity contribution in [3.8, 4) is 0 Å². The van der Waals surface area contributed by atoms with Crippen molar-refractivity contribution in [2.75, 3.05) is 0 Å². The fourth-order valence-electron chi connectivity index (χ4n) is 1.34. The fraction of sp³-hybridized carbons (Fsp3) is 0.909. The number of hydrogen-bond donors (Lipinski definition) is 1. The Morgan fingerprint density at radius 3 is 2.00 bits per heavy atom. The Hall–Kier alpha value is -0.650. The lowest BCUT2D eigenvalue weighted by molar-refractivity contribution is -0.487. The summed E-state index contributed by atoms with van der Waals surface area (Å²) in [6.45, 7) is 5.28. The molecule has 0 aliphatic rings. The Labute approximate surface area is 96.5 Å². The normalized spacial score (nSPS) is 11.5. The van der Waals surface area contributed by atoms with Crippen molar-refractivity contribution >= 4 is 5.97 Å². The molecule has 0 unspecified atom stereocenters. The monoisotopic (exact) mass is 234 g/mol. The van der Waals surface area contributed by atoms with E-state index >= 15 is 0 Å². The molecule has 5 heteroatoms. The van der Waals surface area contributed by atoms with Crippen molar-refractivity contribution < 1.29 is 24.7 Å². The Kier molecular flexibility index (Phi) is 8.15. The SMILES string of the molecule is CCCCC(CCCC)(OO)OOC(C)=O. The minimum absolute atomic E-state index is 0.493. The minimum atomic E-state index is -1.21. The van der Waals surface area contributed by atoms with Gasteiger partial charge in [0.05, 0.1) is 0 Å². The van der Waals surface area contributed by atoms with E-state index in [9.17, 15) is 4.79 Å². The largest absolute Gasteiger partial charge is 0.339 e. The highest BCUT2D eigenvalue weighted by molar-refractivity contribution is 5.65. The van der Waals surface area contributed by atoms with E-state index in [0.717, 1.165) is 25.7 Å². The smallest absolute Gasteiger partial charge is 0.296 e. The highest BCUT2D eigenvalue weighted by Crippen LogP contribution is 2.27. The molecule has 5 nitrogen and oxygen atoms in total. The summed E-state index contributed by atoms with van der Waals surface area (Å²) in [5.74, 6) is -1.77. The molecule has 0 bridgehead atoms. The zero-order valence-corrected chi connectivity index (χ0v) is 10.3. The molecule has 0 aromatic carbocycles. The summed E-state index contributed by atoms with van der Waals surface area (Å²) >= 11 is 0. The third kappa shape index (κ3) is 6.05. The van der Waals surface area contributed by atoms with Gasteiger partial charge in [-0.1, -0.05) is 26.7 Å². The van der Waals surface area contributed by atoms with Gasteiger partial charge in [0.25, 0.3) is 0 Å². The summed E-state index contributed by atoms with van der Waals surface area (Å²) in [7, 11) is 0. The molecule has 0 rings (SSSR count). The fourth-order valence-corrected chi connectivity index (χ4v) is 1.34. The van der Waals surface area contributed by atoms with Crippen molar-refractivity contribution in [2.45, 2.75) is 65.1 Å². The topological polar surface area (TPSA) is 65.0 Å². The number of hydrogen-bond acceptors (Lipinski definition) is 5. The van der Waals surface area contributed by atoms with Crippen LogP contribution in [-0.4, -0.2) is 17.0 Å². The molecule has 0 heterocycles. The molecule has 96 valence electrons. The van der Waals surface area contributed by atoms with Gasteiger partial charge in [0.1, 0.15) is 0 Å². The number of carbonyl (C=O) groups excluding carboxylic acids is 1. The van der Waals surface area contributed by atoms with Gasteiger partial charge < -0.3 is 0 Å². The van der Waals surface area contributed by atoms with Crippen molar-refractivity contribution in [1.82, 2.24) is 0 Å². The van der Waals surface area contributed by atoms with E-state index in [1.165, 1.54) is 6.92 Å². The Morgan fingerprint density at radius 2 is 1.69 bits per heavy atom. The lowest BCUT2D eigenvalue weighted by atomic mass is 10.0. The standard InChI is InChI=1S/C11H22O5/c1-4-6-8-11(15-13,9-7-5-2)16-14-10(3)12/h13H,4-9H2,1-3H3. The first-order valence-corrected chi connectivity index (χ1v) is 5.79. The molecule has 0 amide bonds. The number of carbonyl (C=O) groups is 1. The zero-order valence-electron chi connectivity index (χ0n) is 10.3. The van der Waals surface area contributed by atoms with Gasteiger partial charge in [-0.15, -0.1) is 4.89 Å². The third-order valence-electron chi connectivity index (χ3n) is 2.30. The second-order valence-corrected chi connectivity index (χ2v) is 3.87. The molecular weight excluding hydrogens is 212 g/mol. The van der Waals surface area contributed by atoms with Gasteiger partial charge in [-0.3, -0.25) is 4.89 Å². The first kappa shape index (κ1) is 15.3. The van der Waals surface area contributed by atoms with Crippen molar-refractivity contribution in [3.05, 3.63) is 0 Å². The maximum absolute atomic E-state index is 10.7. The lowest BCUT2D eigenvalue weighted by Gasteiger charge is -2.27. The quantitative estimate of drug-likeness (QED) is 0.377. The van der Waals surface area contributed by atoms with Gasteiger partial charge in [0.15, 0.2) is 0 Å². The molecular formula is C11H22O5. The molecule has 0 fully saturated rings. The van der Waals surface area contributed by atoms with Crippen LogP contribution in [0.2, 0.25) is 0 Å². The molecule has 0 saturated carbocycles. The van der Waals surface area contributed by atoms with Gasteiger partial charge in [-0.25, -0.2) is 10.1 Å². The van der Waals surface area contributed by atoms with Crippen LogP contribution < -0.4 is 0 Å². The van der Waals surface area contributed by atoms with Gasteiger partial charge in [-0.2, -0.15) is 4.89 Å². The predicted molar refractivity (Wildman–Crippen MR) is 58.3 cm³/mol. The van der Waals surface area contributed by atoms with Crippen LogP contribution in [0.5, 0.6) is 0 Å². The van der Waals surface area contributed by atoms with Crippen LogP contribution >= 0.6 is 0 Å². The second kappa shape index (κ2) is 8.50. The summed E-state index contributed by atoms with van der Waals surface area (Å²) < 4.78 is 0. The van der Waals surface area contributed by atoms with Gasteiger partial charge in [-0.05, 0) is 12.8 Å². The highest BCUT2D eigenvalue weighted by Gasteiger charge is 2.34. The zero-order chi connectivity index (χ0) is 12.4. The van der Waals surface area contributed by atoms with E-state index in [1.54, 1.807) is 0 Å². The molecule has 0 spiro atoms. The molecule has 16 heavy (non-hydrogen) atoms. The van der Waals surface area contributed by atoms with Crippen LogP contribution in [0.1, 0.15) is 59.3 Å². The molecule has 0 aliphatic heterocycles. The predicted octanol–water partition coefficient (Wildman–Crippen LogP) is 3.05. The van der Waals surface area contributed by atoms with Crippen LogP contribution in [0.4, 0.5) is 0 Å². The molecule has 0 saturated heterocycles. The summed E-state index contributed by atoms with van der Waals surface area (Å²) in [6, 6.07) is 0. The second-order valence-electron chi connectivity index (χ2n) is 3.87. The average Bonchev–Trinajstić information content (AvgIpc) is 2.29. The first-order valence-electron chi connectivity index (χ1n) is 5.79. The van der Waals surface area contributed by atoms with E-state index in [4.69, 9.17) is 10.1 Å². The highest BCUT2D eigenvalue weighted by atomic mass is 17.3. The molecule has 0 radical (unpaired) electrons. The summed E-state index contributed by atoms with van der Waals surface area (Å²) in [4.78, 5) is 24.5. The Bertz CT molecular complexity index is 185. The van der Waals surface area contributed by atoms with Crippen molar-refractivity contribution in [2.24, 2.45) is 0 Å². The average molecular weight is 234 g/mol. The molecule has 1 N–H and O–H groups in total. The van der Waals surface area contributed by atoms with E-state index in [0.29, 0.717) is 12.8 Å². The third-order valence-corrected chi connectivity index (χ3v) is 2.30. The van der Waals surface area contributed by atoms with E-state index in [2.05, 4.69) is 9.78 Å². The maximum atomic E-state index is 10.7. The van der Waals surface area contributed by atoms with Crippen LogP contribution in [0, 0.1) is 0 Å². The van der Waals surface area contributed by atoms with E-state index in [-0.39, 0.29) is 0 Å². The molecule has 0 atom stereocenters. The van der Waals surface area contributed by atoms with Gasteiger partial charge in [0.2, 0.25) is 5.79 Å². The van der Waals surface area contributed by atoms with Crippen LogP contribution in [0.3, 0.4) is 0 Å². The Morgan fingerprint density at radius 1 is 1.19 bits per heavy atom. The molecule has 0 aromatic heterocycles. The minimum Gasteiger partial charge on any atom is -0.296 e. The van der Waals surface area contributed by atoms with Gasteiger partial charge in [0, 0.05) is 19.8 Å². The summed E-state index contributed by atoms with van der Waals surface area (Å²) in [6.07, 6.45) is 4.53. The lowest BCUT2D eigenvalue weighted by Crippen LogP contribution is -2.36. The van der Waals surface area contributed by atoms with E-state index < -0.39 is 11.8 Å². The summed E-state index contributed by atoms with van der Waals surface area (Å²) in [5, 5.41) is 8.93. The van der Waals surface area contributed by atoms with Crippen molar-refractivity contribution in [3.63, 3.8) is 0 Å². The number of unbranched alkanes of at least 4 members (excludes halogenated alkanes) is 2. The number of rotatable bonds is 9. The van der Waals surface area contributed by atoms with E-state index in [1.807, 2.05) is 13.8 Å². The van der Waals surface area contributed by atoms with Crippen LogP contribution in [0.15, 0.2) is 0 Å². The van der Waals surface area contributed by atoms with Gasteiger partial charge >= 0.3 is 5.97 Å². The maximum Gasteiger partial charge on any atom is 0.339 e. The first-order chi connectivity index (χ1) is 7.60. The molecule has 0 aromatic rings.